The summed E-state index contributed by atoms with van der Waals surface area (Å²) >= 11 is 0. The van der Waals surface area contributed by atoms with Crippen LogP contribution in [-0.2, 0) is 6.42 Å². The van der Waals surface area contributed by atoms with E-state index in [-0.39, 0.29) is 5.56 Å². The van der Waals surface area contributed by atoms with Gasteiger partial charge >= 0.3 is 0 Å². The van der Waals surface area contributed by atoms with Gasteiger partial charge in [-0.3, -0.25) is 0 Å². The topological polar surface area (TPSA) is 76.9 Å². The lowest BCUT2D eigenvalue weighted by Crippen LogP contribution is -2.44. The van der Waals surface area contributed by atoms with Gasteiger partial charge in [-0.25, -0.2) is 9.37 Å². The van der Waals surface area contributed by atoms with Crippen molar-refractivity contribution >= 4 is 17.5 Å². The van der Waals surface area contributed by atoms with Crippen molar-refractivity contribution in [2.45, 2.75) is 45.1 Å². The standard InChI is InChI=1S/C21H27FN6/c1-3-4-6-16-12-20(28-10-5-7-18(14-28)24-2)27-21(25-16)26-17-8-9-19(22)15(11-17)13-23/h8-9,11-12,18,24H,3-7,10,14H2,1-2H3,(H,25,26,27)/t18-/m1/s1. The number of piperidine rings is 1. The van der Waals surface area contributed by atoms with Crippen LogP contribution in [0.3, 0.4) is 0 Å². The Labute approximate surface area is 165 Å². The van der Waals surface area contributed by atoms with Crippen molar-refractivity contribution < 1.29 is 4.39 Å². The minimum Gasteiger partial charge on any atom is -0.355 e. The molecule has 0 bridgehead atoms. The minimum atomic E-state index is -0.530. The highest BCUT2D eigenvalue weighted by atomic mass is 19.1. The van der Waals surface area contributed by atoms with E-state index in [9.17, 15) is 4.39 Å². The first kappa shape index (κ1) is 20.0. The molecule has 0 spiro atoms. The molecule has 3 rings (SSSR count). The monoisotopic (exact) mass is 382 g/mol. The van der Waals surface area contributed by atoms with Crippen LogP contribution >= 0.6 is 0 Å². The number of aromatic nitrogens is 2. The highest BCUT2D eigenvalue weighted by molar-refractivity contribution is 5.58. The molecule has 0 saturated carbocycles. The summed E-state index contributed by atoms with van der Waals surface area (Å²) in [6.07, 6.45) is 5.32. The summed E-state index contributed by atoms with van der Waals surface area (Å²) in [6.45, 7) is 4.04. The smallest absolute Gasteiger partial charge is 0.229 e. The molecule has 0 radical (unpaired) electrons. The fraction of sp³-hybridized carbons (Fsp3) is 0.476. The lowest BCUT2D eigenvalue weighted by Gasteiger charge is -2.33. The van der Waals surface area contributed by atoms with Crippen LogP contribution in [0.2, 0.25) is 0 Å². The van der Waals surface area contributed by atoms with Crippen molar-refractivity contribution in [1.29, 1.82) is 5.26 Å². The lowest BCUT2D eigenvalue weighted by atomic mass is 10.1. The van der Waals surface area contributed by atoms with Gasteiger partial charge in [-0.2, -0.15) is 10.2 Å². The van der Waals surface area contributed by atoms with Gasteiger partial charge in [0, 0.05) is 36.6 Å². The molecule has 7 heteroatoms. The predicted molar refractivity (Wildman–Crippen MR) is 109 cm³/mol. The zero-order valence-electron chi connectivity index (χ0n) is 16.5. The third-order valence-electron chi connectivity index (χ3n) is 5.05. The second-order valence-electron chi connectivity index (χ2n) is 7.15. The highest BCUT2D eigenvalue weighted by Gasteiger charge is 2.21. The molecule has 1 fully saturated rings. The number of unbranched alkanes of at least 4 members (excludes halogenated alkanes) is 1. The molecular weight excluding hydrogens is 355 g/mol. The van der Waals surface area contributed by atoms with Gasteiger partial charge in [0.25, 0.3) is 0 Å². The van der Waals surface area contributed by atoms with E-state index in [1.807, 2.05) is 13.1 Å². The molecule has 1 aliphatic rings. The molecule has 6 nitrogen and oxygen atoms in total. The number of likely N-dealkylation sites (N-methyl/N-ethyl adjacent to an activating group) is 1. The fourth-order valence-electron chi connectivity index (χ4n) is 3.43. The molecule has 1 aliphatic heterocycles. The van der Waals surface area contributed by atoms with Gasteiger partial charge in [-0.1, -0.05) is 13.3 Å². The Hall–Kier alpha value is -2.72. The molecule has 2 N–H and O–H groups in total. The number of aryl methyl sites for hydroxylation is 1. The van der Waals surface area contributed by atoms with Crippen LogP contribution in [0.5, 0.6) is 0 Å². The molecule has 0 unspecified atom stereocenters. The minimum absolute atomic E-state index is 0.000235. The average molecular weight is 382 g/mol. The molecular formula is C21H27FN6. The largest absolute Gasteiger partial charge is 0.355 e. The Morgan fingerprint density at radius 2 is 2.18 bits per heavy atom. The van der Waals surface area contributed by atoms with Crippen LogP contribution in [0.25, 0.3) is 0 Å². The molecule has 1 aromatic heterocycles. The van der Waals surface area contributed by atoms with Crippen LogP contribution in [-0.4, -0.2) is 36.1 Å². The summed E-state index contributed by atoms with van der Waals surface area (Å²) < 4.78 is 13.6. The van der Waals surface area contributed by atoms with Gasteiger partial charge < -0.3 is 15.5 Å². The zero-order chi connectivity index (χ0) is 19.9. The predicted octanol–water partition coefficient (Wildman–Crippen LogP) is 3.76. The maximum absolute atomic E-state index is 13.6. The molecule has 1 aromatic carbocycles. The third-order valence-corrected chi connectivity index (χ3v) is 5.05. The number of hydrogen-bond donors (Lipinski definition) is 2. The molecule has 28 heavy (non-hydrogen) atoms. The number of hydrogen-bond acceptors (Lipinski definition) is 6. The number of anilines is 3. The lowest BCUT2D eigenvalue weighted by molar-refractivity contribution is 0.447. The maximum atomic E-state index is 13.6. The first-order valence-electron chi connectivity index (χ1n) is 9.89. The second kappa shape index (κ2) is 9.47. The Morgan fingerprint density at radius 3 is 2.93 bits per heavy atom. The summed E-state index contributed by atoms with van der Waals surface area (Å²) in [5.74, 6) is 0.856. The Balaban J connectivity index is 1.88. The van der Waals surface area contributed by atoms with E-state index in [1.54, 1.807) is 6.07 Å². The number of rotatable bonds is 7. The van der Waals surface area contributed by atoms with E-state index in [1.165, 1.54) is 18.6 Å². The summed E-state index contributed by atoms with van der Waals surface area (Å²) in [7, 11) is 2.00. The normalized spacial score (nSPS) is 16.6. The van der Waals surface area contributed by atoms with E-state index in [2.05, 4.69) is 33.5 Å². The zero-order valence-corrected chi connectivity index (χ0v) is 16.5. The molecule has 148 valence electrons. The van der Waals surface area contributed by atoms with E-state index < -0.39 is 5.82 Å². The summed E-state index contributed by atoms with van der Waals surface area (Å²) in [4.78, 5) is 11.6. The van der Waals surface area contributed by atoms with Crippen LogP contribution < -0.4 is 15.5 Å². The third kappa shape index (κ3) is 4.96. The van der Waals surface area contributed by atoms with Crippen LogP contribution in [0, 0.1) is 17.1 Å². The van der Waals surface area contributed by atoms with Gasteiger partial charge in [0.1, 0.15) is 17.7 Å². The maximum Gasteiger partial charge on any atom is 0.229 e. The van der Waals surface area contributed by atoms with Crippen LogP contribution in [0.4, 0.5) is 21.8 Å². The van der Waals surface area contributed by atoms with Gasteiger partial charge in [0.2, 0.25) is 5.95 Å². The first-order chi connectivity index (χ1) is 13.6. The van der Waals surface area contributed by atoms with Crippen molar-refractivity contribution in [3.8, 4) is 6.07 Å². The number of nitrogens with one attached hydrogen (secondary N) is 2. The average Bonchev–Trinajstić information content (AvgIpc) is 2.73. The Kier molecular flexibility index (Phi) is 6.77. The highest BCUT2D eigenvalue weighted by Crippen LogP contribution is 2.23. The number of nitrogens with zero attached hydrogens (tertiary/aromatic N) is 4. The van der Waals surface area contributed by atoms with E-state index in [4.69, 9.17) is 10.2 Å². The summed E-state index contributed by atoms with van der Waals surface area (Å²) in [5.41, 5.74) is 1.59. The van der Waals surface area contributed by atoms with Crippen molar-refractivity contribution in [3.63, 3.8) is 0 Å². The van der Waals surface area contributed by atoms with Crippen LogP contribution in [0.1, 0.15) is 43.9 Å². The first-order valence-corrected chi connectivity index (χ1v) is 9.89. The number of halogens is 1. The SMILES string of the molecule is CCCCc1cc(N2CCC[C@@H](NC)C2)nc(Nc2ccc(F)c(C#N)c2)n1. The van der Waals surface area contributed by atoms with Gasteiger partial charge in [0.05, 0.1) is 5.56 Å². The van der Waals surface area contributed by atoms with E-state index in [0.29, 0.717) is 17.7 Å². The van der Waals surface area contributed by atoms with Crippen LogP contribution in [0.15, 0.2) is 24.3 Å². The molecule has 2 aromatic rings. The van der Waals surface area contributed by atoms with Gasteiger partial charge in [-0.15, -0.1) is 0 Å². The summed E-state index contributed by atoms with van der Waals surface area (Å²) in [5, 5.41) is 15.6. The molecule has 1 saturated heterocycles. The number of nitriles is 1. The van der Waals surface area contributed by atoms with Gasteiger partial charge in [0.15, 0.2) is 0 Å². The quantitative estimate of drug-likeness (QED) is 0.759. The van der Waals surface area contributed by atoms with Crippen molar-refractivity contribution in [2.24, 2.45) is 0 Å². The fourth-order valence-corrected chi connectivity index (χ4v) is 3.43. The van der Waals surface area contributed by atoms with E-state index in [0.717, 1.165) is 50.3 Å². The van der Waals surface area contributed by atoms with E-state index >= 15 is 0 Å². The Morgan fingerprint density at radius 1 is 1.32 bits per heavy atom. The van der Waals surface area contributed by atoms with Crippen molar-refractivity contribution in [1.82, 2.24) is 15.3 Å². The molecule has 0 amide bonds. The number of benzene rings is 1. The van der Waals surface area contributed by atoms with Crippen molar-refractivity contribution in [2.75, 3.05) is 30.4 Å². The molecule has 2 heterocycles. The molecule has 0 aliphatic carbocycles. The Bertz CT molecular complexity index is 847. The van der Waals surface area contributed by atoms with Gasteiger partial charge in [-0.05, 0) is 50.9 Å². The second-order valence-corrected chi connectivity index (χ2v) is 7.15. The summed E-state index contributed by atoms with van der Waals surface area (Å²) in [6, 6.07) is 8.75. The van der Waals surface area contributed by atoms with Crippen molar-refractivity contribution in [3.05, 3.63) is 41.3 Å². The molecule has 1 atom stereocenters.